The molecule has 4 rings (SSSR count). The molecule has 2 aromatic heterocycles. The van der Waals surface area contributed by atoms with Gasteiger partial charge in [0.1, 0.15) is 5.60 Å². The highest BCUT2D eigenvalue weighted by atomic mass is 16.5. The number of methoxy groups -OCH3 is 1. The van der Waals surface area contributed by atoms with Crippen molar-refractivity contribution in [3.63, 3.8) is 0 Å². The van der Waals surface area contributed by atoms with Crippen LogP contribution in [0.4, 0.5) is 0 Å². The molecular formula is C18H23N5O3. The third-order valence-corrected chi connectivity index (χ3v) is 5.45. The van der Waals surface area contributed by atoms with Crippen LogP contribution in [0, 0.1) is 5.92 Å². The van der Waals surface area contributed by atoms with Crippen LogP contribution in [0.15, 0.2) is 31.0 Å². The van der Waals surface area contributed by atoms with E-state index in [0.717, 1.165) is 18.7 Å². The highest BCUT2D eigenvalue weighted by Crippen LogP contribution is 2.26. The Bertz CT molecular complexity index is 792. The predicted octanol–water partition coefficient (Wildman–Crippen LogP) is 0.431. The number of imidazole rings is 1. The summed E-state index contributed by atoms with van der Waals surface area (Å²) in [4.78, 5) is 33.6. The summed E-state index contributed by atoms with van der Waals surface area (Å²) in [6.07, 6.45) is 8.58. The molecule has 1 unspecified atom stereocenters. The third-order valence-electron chi connectivity index (χ3n) is 5.45. The van der Waals surface area contributed by atoms with E-state index in [-0.39, 0.29) is 17.7 Å². The lowest BCUT2D eigenvalue weighted by molar-refractivity contribution is -0.132. The molecule has 2 aliphatic rings. The number of H-pyrrole nitrogens is 1. The van der Waals surface area contributed by atoms with Gasteiger partial charge in [0, 0.05) is 50.3 Å². The van der Waals surface area contributed by atoms with E-state index in [4.69, 9.17) is 4.74 Å². The molecule has 26 heavy (non-hydrogen) atoms. The molecule has 0 radical (unpaired) electrons. The van der Waals surface area contributed by atoms with Crippen LogP contribution in [0.1, 0.15) is 22.5 Å². The van der Waals surface area contributed by atoms with Gasteiger partial charge in [0.15, 0.2) is 0 Å². The first-order chi connectivity index (χ1) is 12.6. The number of nitrogens with zero attached hydrogens (tertiary/aromatic N) is 3. The Kier molecular flexibility index (Phi) is 4.28. The van der Waals surface area contributed by atoms with Crippen LogP contribution in [-0.4, -0.2) is 63.6 Å². The largest absolute Gasteiger partial charge is 0.373 e. The Balaban J connectivity index is 1.30. The fourth-order valence-corrected chi connectivity index (χ4v) is 3.73. The van der Waals surface area contributed by atoms with Crippen LogP contribution < -0.4 is 5.32 Å². The molecule has 8 nitrogen and oxygen atoms in total. The standard InChI is InChI=1S/C18H23N5O3/c1-26-18(10-23(11-18)17(25)14-2-4-19-7-14)9-21-16(24)13-3-5-22-12-20-8-15(22)6-13/h2,4,7-8,12-13,19H,3,5-6,9-11H2,1H3,(H,21,24). The van der Waals surface area contributed by atoms with E-state index in [1.54, 1.807) is 30.5 Å². The van der Waals surface area contributed by atoms with E-state index < -0.39 is 5.60 Å². The van der Waals surface area contributed by atoms with E-state index in [9.17, 15) is 9.59 Å². The molecule has 2 amide bonds. The van der Waals surface area contributed by atoms with Crippen molar-refractivity contribution in [2.75, 3.05) is 26.7 Å². The normalized spacial score (nSPS) is 21.0. The van der Waals surface area contributed by atoms with Gasteiger partial charge in [-0.2, -0.15) is 0 Å². The van der Waals surface area contributed by atoms with Gasteiger partial charge in [-0.25, -0.2) is 4.98 Å². The smallest absolute Gasteiger partial charge is 0.255 e. The van der Waals surface area contributed by atoms with Crippen molar-refractivity contribution in [1.29, 1.82) is 0 Å². The van der Waals surface area contributed by atoms with Gasteiger partial charge in [-0.1, -0.05) is 0 Å². The SMILES string of the molecule is COC1(CNC(=O)C2CCn3cncc3C2)CN(C(=O)c2cc[nH]c2)C1. The summed E-state index contributed by atoms with van der Waals surface area (Å²) in [5.41, 5.74) is 1.24. The molecular weight excluding hydrogens is 334 g/mol. The molecule has 1 atom stereocenters. The van der Waals surface area contributed by atoms with Gasteiger partial charge >= 0.3 is 0 Å². The molecule has 2 aromatic rings. The average molecular weight is 357 g/mol. The molecule has 0 spiro atoms. The maximum absolute atomic E-state index is 12.6. The zero-order chi connectivity index (χ0) is 18.1. The molecule has 2 aliphatic heterocycles. The summed E-state index contributed by atoms with van der Waals surface area (Å²) in [5.74, 6) is -0.0131. The maximum atomic E-state index is 12.6. The first-order valence-electron chi connectivity index (χ1n) is 8.84. The molecule has 1 saturated heterocycles. The summed E-state index contributed by atoms with van der Waals surface area (Å²) in [5, 5.41) is 3.03. The van der Waals surface area contributed by atoms with Crippen LogP contribution in [0.25, 0.3) is 0 Å². The van der Waals surface area contributed by atoms with Crippen molar-refractivity contribution in [2.45, 2.75) is 25.0 Å². The van der Waals surface area contributed by atoms with Gasteiger partial charge in [0.2, 0.25) is 5.91 Å². The molecule has 0 bridgehead atoms. The fourth-order valence-electron chi connectivity index (χ4n) is 3.73. The number of nitrogens with one attached hydrogen (secondary N) is 2. The third kappa shape index (κ3) is 3.01. The number of hydrogen-bond acceptors (Lipinski definition) is 4. The van der Waals surface area contributed by atoms with Gasteiger partial charge in [-0.05, 0) is 12.5 Å². The number of hydrogen-bond donors (Lipinski definition) is 2. The van der Waals surface area contributed by atoms with Crippen LogP contribution in [0.3, 0.4) is 0 Å². The minimum atomic E-state index is -0.502. The Morgan fingerprint density at radius 3 is 3.04 bits per heavy atom. The van der Waals surface area contributed by atoms with Crippen molar-refractivity contribution < 1.29 is 14.3 Å². The second-order valence-electron chi connectivity index (χ2n) is 7.13. The Labute approximate surface area is 151 Å². The number of amides is 2. The molecule has 2 N–H and O–H groups in total. The van der Waals surface area contributed by atoms with Gasteiger partial charge < -0.3 is 24.5 Å². The second kappa shape index (κ2) is 6.60. The number of rotatable bonds is 5. The van der Waals surface area contributed by atoms with Crippen molar-refractivity contribution in [3.05, 3.63) is 42.2 Å². The Morgan fingerprint density at radius 2 is 2.31 bits per heavy atom. The number of carbonyl (C=O) groups excluding carboxylic acids is 2. The van der Waals surface area contributed by atoms with Gasteiger partial charge in [-0.3, -0.25) is 9.59 Å². The Hall–Kier alpha value is -2.61. The quantitative estimate of drug-likeness (QED) is 0.812. The highest BCUT2D eigenvalue weighted by Gasteiger charge is 2.46. The topological polar surface area (TPSA) is 92.2 Å². The summed E-state index contributed by atoms with van der Waals surface area (Å²) < 4.78 is 7.72. The number of aromatic nitrogens is 3. The van der Waals surface area contributed by atoms with Crippen molar-refractivity contribution in [1.82, 2.24) is 24.8 Å². The first-order valence-corrected chi connectivity index (χ1v) is 8.84. The number of carbonyl (C=O) groups is 2. The van der Waals surface area contributed by atoms with E-state index in [1.807, 2.05) is 12.5 Å². The lowest BCUT2D eigenvalue weighted by Gasteiger charge is -2.49. The molecule has 0 aromatic carbocycles. The molecule has 8 heteroatoms. The van der Waals surface area contributed by atoms with Crippen LogP contribution in [0.5, 0.6) is 0 Å². The number of likely N-dealkylation sites (tertiary alicyclic amines) is 1. The fraction of sp³-hybridized carbons (Fsp3) is 0.500. The maximum Gasteiger partial charge on any atom is 0.255 e. The first kappa shape index (κ1) is 16.8. The zero-order valence-corrected chi connectivity index (χ0v) is 14.8. The van der Waals surface area contributed by atoms with Crippen molar-refractivity contribution in [3.8, 4) is 0 Å². The number of ether oxygens (including phenoxy) is 1. The van der Waals surface area contributed by atoms with E-state index in [2.05, 4.69) is 19.9 Å². The Morgan fingerprint density at radius 1 is 1.46 bits per heavy atom. The molecule has 4 heterocycles. The predicted molar refractivity (Wildman–Crippen MR) is 93.5 cm³/mol. The van der Waals surface area contributed by atoms with Crippen LogP contribution in [0.2, 0.25) is 0 Å². The van der Waals surface area contributed by atoms with Crippen LogP contribution in [-0.2, 0) is 22.5 Å². The highest BCUT2D eigenvalue weighted by molar-refractivity contribution is 5.94. The molecule has 1 fully saturated rings. The number of aryl methyl sites for hydroxylation is 1. The molecule has 0 saturated carbocycles. The van der Waals surface area contributed by atoms with E-state index >= 15 is 0 Å². The number of aromatic amines is 1. The van der Waals surface area contributed by atoms with Gasteiger partial charge in [0.05, 0.1) is 31.5 Å². The summed E-state index contributed by atoms with van der Waals surface area (Å²) >= 11 is 0. The lowest BCUT2D eigenvalue weighted by atomic mass is 9.91. The van der Waals surface area contributed by atoms with Gasteiger partial charge in [0.25, 0.3) is 5.91 Å². The van der Waals surface area contributed by atoms with Crippen molar-refractivity contribution >= 4 is 11.8 Å². The number of fused-ring (bicyclic) bond motifs is 1. The van der Waals surface area contributed by atoms with E-state index in [1.165, 1.54) is 0 Å². The average Bonchev–Trinajstić information content (AvgIpc) is 3.31. The zero-order valence-electron chi connectivity index (χ0n) is 14.8. The minimum absolute atomic E-state index is 0.0224. The lowest BCUT2D eigenvalue weighted by Crippen LogP contribution is -2.68. The van der Waals surface area contributed by atoms with E-state index in [0.29, 0.717) is 31.6 Å². The van der Waals surface area contributed by atoms with Crippen LogP contribution >= 0.6 is 0 Å². The van der Waals surface area contributed by atoms with Gasteiger partial charge in [-0.15, -0.1) is 0 Å². The summed E-state index contributed by atoms with van der Waals surface area (Å²) in [6, 6.07) is 1.75. The minimum Gasteiger partial charge on any atom is -0.373 e. The second-order valence-corrected chi connectivity index (χ2v) is 7.13. The molecule has 138 valence electrons. The monoisotopic (exact) mass is 357 g/mol. The van der Waals surface area contributed by atoms with Crippen molar-refractivity contribution in [2.24, 2.45) is 5.92 Å². The summed E-state index contributed by atoms with van der Waals surface area (Å²) in [6.45, 7) is 2.19. The molecule has 0 aliphatic carbocycles. The summed E-state index contributed by atoms with van der Waals surface area (Å²) in [7, 11) is 1.63.